The van der Waals surface area contributed by atoms with E-state index < -0.39 is 17.4 Å². The van der Waals surface area contributed by atoms with Gasteiger partial charge in [-0.1, -0.05) is 65.7 Å². The number of carbonyl (C=O) groups is 2. The Morgan fingerprint density at radius 3 is 2.04 bits per heavy atom. The van der Waals surface area contributed by atoms with Crippen LogP contribution in [-0.2, 0) is 23.8 Å². The average Bonchev–Trinajstić information content (AvgIpc) is 3.20. The van der Waals surface area contributed by atoms with Crippen LogP contribution in [0.1, 0.15) is 97.8 Å². The SMILES string of the molecule is CCCCCCCCCCOC(=O)C(CC)(CC)C(=O)OCC1CCCO1. The molecule has 0 radical (unpaired) electrons. The van der Waals surface area contributed by atoms with Gasteiger partial charge in [0, 0.05) is 6.61 Å². The first-order chi connectivity index (χ1) is 13.1. The van der Waals surface area contributed by atoms with E-state index in [1.54, 1.807) is 0 Å². The highest BCUT2D eigenvalue weighted by Gasteiger charge is 2.46. The van der Waals surface area contributed by atoms with Crippen molar-refractivity contribution in [1.29, 1.82) is 0 Å². The molecule has 1 fully saturated rings. The summed E-state index contributed by atoms with van der Waals surface area (Å²) in [5.41, 5.74) is -1.18. The van der Waals surface area contributed by atoms with E-state index in [0.717, 1.165) is 32.3 Å². The van der Waals surface area contributed by atoms with Crippen LogP contribution in [0.15, 0.2) is 0 Å². The van der Waals surface area contributed by atoms with Crippen molar-refractivity contribution in [1.82, 2.24) is 0 Å². The minimum absolute atomic E-state index is 0.0336. The predicted octanol–water partition coefficient (Wildman–Crippen LogP) is 5.20. The molecule has 1 rings (SSSR count). The van der Waals surface area contributed by atoms with Gasteiger partial charge >= 0.3 is 11.9 Å². The Hall–Kier alpha value is -1.10. The lowest BCUT2D eigenvalue weighted by Gasteiger charge is -2.27. The van der Waals surface area contributed by atoms with Gasteiger partial charge in [0.1, 0.15) is 6.61 Å². The standard InChI is InChI=1S/C22H40O5/c1-4-7-8-9-10-11-12-13-16-26-20(23)22(5-2,6-3)21(24)27-18-19-15-14-17-25-19/h19H,4-18H2,1-3H3. The maximum Gasteiger partial charge on any atom is 0.323 e. The van der Waals surface area contributed by atoms with Crippen LogP contribution in [0.3, 0.4) is 0 Å². The minimum atomic E-state index is -1.18. The Labute approximate surface area is 165 Å². The first kappa shape index (κ1) is 23.9. The zero-order valence-electron chi connectivity index (χ0n) is 17.7. The van der Waals surface area contributed by atoms with Gasteiger partial charge in [-0.05, 0) is 32.1 Å². The van der Waals surface area contributed by atoms with Gasteiger partial charge in [0.05, 0.1) is 12.7 Å². The fourth-order valence-corrected chi connectivity index (χ4v) is 3.53. The number of unbranched alkanes of at least 4 members (excludes halogenated alkanes) is 7. The molecular weight excluding hydrogens is 344 g/mol. The quantitative estimate of drug-likeness (QED) is 0.221. The highest BCUT2D eigenvalue weighted by molar-refractivity contribution is 6.00. The van der Waals surface area contributed by atoms with Crippen LogP contribution in [0.2, 0.25) is 0 Å². The average molecular weight is 385 g/mol. The topological polar surface area (TPSA) is 61.8 Å². The smallest absolute Gasteiger partial charge is 0.323 e. The van der Waals surface area contributed by atoms with Crippen LogP contribution in [0.5, 0.6) is 0 Å². The summed E-state index contributed by atoms with van der Waals surface area (Å²) in [5, 5.41) is 0. The van der Waals surface area contributed by atoms with Gasteiger partial charge in [0.2, 0.25) is 0 Å². The van der Waals surface area contributed by atoms with E-state index in [1.165, 1.54) is 38.5 Å². The van der Waals surface area contributed by atoms with E-state index in [-0.39, 0.29) is 12.7 Å². The minimum Gasteiger partial charge on any atom is -0.465 e. The van der Waals surface area contributed by atoms with Crippen molar-refractivity contribution in [2.24, 2.45) is 5.41 Å². The fraction of sp³-hybridized carbons (Fsp3) is 0.909. The number of ether oxygens (including phenoxy) is 3. The van der Waals surface area contributed by atoms with Crippen molar-refractivity contribution >= 4 is 11.9 Å². The van der Waals surface area contributed by atoms with Crippen molar-refractivity contribution in [3.05, 3.63) is 0 Å². The molecule has 0 spiro atoms. The molecule has 1 aliphatic heterocycles. The summed E-state index contributed by atoms with van der Waals surface area (Å²) in [7, 11) is 0. The van der Waals surface area contributed by atoms with Crippen molar-refractivity contribution in [2.75, 3.05) is 19.8 Å². The Balaban J connectivity index is 2.30. The molecule has 1 atom stereocenters. The Bertz CT molecular complexity index is 411. The largest absolute Gasteiger partial charge is 0.465 e. The first-order valence-electron chi connectivity index (χ1n) is 11.1. The van der Waals surface area contributed by atoms with Crippen LogP contribution in [0.4, 0.5) is 0 Å². The molecule has 27 heavy (non-hydrogen) atoms. The third-order valence-corrected chi connectivity index (χ3v) is 5.64. The number of rotatable bonds is 15. The van der Waals surface area contributed by atoms with E-state index in [9.17, 15) is 9.59 Å². The molecule has 1 unspecified atom stereocenters. The van der Waals surface area contributed by atoms with Crippen molar-refractivity contribution < 1.29 is 23.8 Å². The molecule has 0 aliphatic carbocycles. The zero-order chi connectivity index (χ0) is 20.0. The molecular formula is C22H40O5. The Morgan fingerprint density at radius 2 is 1.48 bits per heavy atom. The molecule has 0 saturated carbocycles. The lowest BCUT2D eigenvalue weighted by atomic mass is 9.82. The van der Waals surface area contributed by atoms with Crippen molar-refractivity contribution in [3.8, 4) is 0 Å². The van der Waals surface area contributed by atoms with E-state index in [1.807, 2.05) is 13.8 Å². The van der Waals surface area contributed by atoms with Crippen LogP contribution < -0.4 is 0 Å². The third kappa shape index (κ3) is 8.20. The Kier molecular flexibility index (Phi) is 12.4. The number of esters is 2. The molecule has 0 aromatic carbocycles. The summed E-state index contributed by atoms with van der Waals surface area (Å²) in [5.74, 6) is -0.906. The van der Waals surface area contributed by atoms with Crippen molar-refractivity contribution in [3.63, 3.8) is 0 Å². The molecule has 0 aromatic heterocycles. The number of hydrogen-bond acceptors (Lipinski definition) is 5. The molecule has 1 heterocycles. The molecule has 158 valence electrons. The van der Waals surface area contributed by atoms with Gasteiger partial charge in [-0.2, -0.15) is 0 Å². The second-order valence-corrected chi connectivity index (χ2v) is 7.63. The van der Waals surface area contributed by atoms with E-state index in [0.29, 0.717) is 19.4 Å². The predicted molar refractivity (Wildman–Crippen MR) is 107 cm³/mol. The molecule has 0 bridgehead atoms. The van der Waals surface area contributed by atoms with Gasteiger partial charge in [0.25, 0.3) is 0 Å². The van der Waals surface area contributed by atoms with Gasteiger partial charge in [-0.3, -0.25) is 9.59 Å². The van der Waals surface area contributed by atoms with E-state index in [4.69, 9.17) is 14.2 Å². The molecule has 5 heteroatoms. The summed E-state index contributed by atoms with van der Waals surface area (Å²) < 4.78 is 16.4. The Morgan fingerprint density at radius 1 is 0.889 bits per heavy atom. The first-order valence-corrected chi connectivity index (χ1v) is 11.1. The molecule has 1 aliphatic rings. The molecule has 1 saturated heterocycles. The zero-order valence-corrected chi connectivity index (χ0v) is 17.7. The van der Waals surface area contributed by atoms with Crippen LogP contribution in [0, 0.1) is 5.41 Å². The van der Waals surface area contributed by atoms with E-state index >= 15 is 0 Å². The summed E-state index contributed by atoms with van der Waals surface area (Å²) in [6.07, 6.45) is 12.2. The summed E-state index contributed by atoms with van der Waals surface area (Å²) >= 11 is 0. The third-order valence-electron chi connectivity index (χ3n) is 5.64. The number of hydrogen-bond donors (Lipinski definition) is 0. The van der Waals surface area contributed by atoms with Gasteiger partial charge in [-0.15, -0.1) is 0 Å². The van der Waals surface area contributed by atoms with Crippen LogP contribution >= 0.6 is 0 Å². The summed E-state index contributed by atoms with van der Waals surface area (Å²) in [4.78, 5) is 25.2. The lowest BCUT2D eigenvalue weighted by molar-refractivity contribution is -0.175. The van der Waals surface area contributed by atoms with E-state index in [2.05, 4.69) is 6.92 Å². The maximum atomic E-state index is 12.6. The highest BCUT2D eigenvalue weighted by atomic mass is 16.6. The normalized spacial score (nSPS) is 17.1. The maximum absolute atomic E-state index is 12.6. The van der Waals surface area contributed by atoms with Crippen LogP contribution in [0.25, 0.3) is 0 Å². The monoisotopic (exact) mass is 384 g/mol. The fourth-order valence-electron chi connectivity index (χ4n) is 3.53. The van der Waals surface area contributed by atoms with Crippen LogP contribution in [-0.4, -0.2) is 37.9 Å². The highest BCUT2D eigenvalue weighted by Crippen LogP contribution is 2.30. The van der Waals surface area contributed by atoms with Gasteiger partial charge in [0.15, 0.2) is 5.41 Å². The number of carbonyl (C=O) groups excluding carboxylic acids is 2. The summed E-state index contributed by atoms with van der Waals surface area (Å²) in [6.45, 7) is 7.23. The van der Waals surface area contributed by atoms with Gasteiger partial charge < -0.3 is 14.2 Å². The second-order valence-electron chi connectivity index (χ2n) is 7.63. The molecule has 0 N–H and O–H groups in total. The lowest BCUT2D eigenvalue weighted by Crippen LogP contribution is -2.42. The molecule has 0 aromatic rings. The molecule has 5 nitrogen and oxygen atoms in total. The molecule has 0 amide bonds. The van der Waals surface area contributed by atoms with Gasteiger partial charge in [-0.25, -0.2) is 0 Å². The van der Waals surface area contributed by atoms with Crippen molar-refractivity contribution in [2.45, 2.75) is 104 Å². The summed E-state index contributed by atoms with van der Waals surface area (Å²) in [6, 6.07) is 0. The second kappa shape index (κ2) is 14.0.